The second-order valence-corrected chi connectivity index (χ2v) is 7.19. The number of amides is 1. The smallest absolute Gasteiger partial charge is 0.344 e. The molecule has 28 heavy (non-hydrogen) atoms. The van der Waals surface area contributed by atoms with Crippen molar-refractivity contribution in [2.75, 3.05) is 0 Å². The number of nitrogens with zero attached hydrogens (tertiary/aromatic N) is 2. The maximum absolute atomic E-state index is 12.7. The van der Waals surface area contributed by atoms with Crippen LogP contribution < -0.4 is 0 Å². The highest BCUT2D eigenvalue weighted by Crippen LogP contribution is 2.26. The Balaban J connectivity index is 2.08. The molecule has 144 valence electrons. The van der Waals surface area contributed by atoms with Gasteiger partial charge in [-0.05, 0) is 39.8 Å². The van der Waals surface area contributed by atoms with Gasteiger partial charge in [-0.3, -0.25) is 4.79 Å². The summed E-state index contributed by atoms with van der Waals surface area (Å²) in [6, 6.07) is 10.1. The number of benzene rings is 1. The number of amidine groups is 1. The number of furan rings is 1. The van der Waals surface area contributed by atoms with Crippen molar-refractivity contribution in [2.45, 2.75) is 33.3 Å². The van der Waals surface area contributed by atoms with Crippen molar-refractivity contribution >= 4 is 23.4 Å². The minimum Gasteiger partial charge on any atom is -0.512 e. The standard InChI is InChI=1S/C21H20N2O5/c1-12(24)16(20(26)28-21(2,3)4)17-13-8-5-6-9-14(13)18(22-17)23-19(25)15-10-7-11-27-15/h5-11,24H,1-4H3. The Bertz CT molecular complexity index is 1020. The van der Waals surface area contributed by atoms with E-state index in [9.17, 15) is 14.7 Å². The monoisotopic (exact) mass is 380 g/mol. The highest BCUT2D eigenvalue weighted by atomic mass is 16.6. The number of hydrogen-bond acceptors (Lipinski definition) is 5. The van der Waals surface area contributed by atoms with E-state index in [1.54, 1.807) is 51.1 Å². The van der Waals surface area contributed by atoms with Crippen LogP contribution in [0.15, 0.2) is 68.4 Å². The van der Waals surface area contributed by atoms with Gasteiger partial charge in [-0.15, -0.1) is 0 Å². The molecular formula is C21H20N2O5. The predicted octanol–water partition coefficient (Wildman–Crippen LogP) is 3.84. The number of aliphatic hydroxyl groups is 1. The number of allylic oxidation sites excluding steroid dienone is 1. The fraction of sp³-hybridized carbons (Fsp3) is 0.238. The molecule has 0 fully saturated rings. The number of ether oxygens (including phenoxy) is 1. The lowest BCUT2D eigenvalue weighted by atomic mass is 9.99. The van der Waals surface area contributed by atoms with Crippen LogP contribution in [0.2, 0.25) is 0 Å². The molecule has 1 N–H and O–H groups in total. The van der Waals surface area contributed by atoms with Gasteiger partial charge in [-0.2, -0.15) is 4.99 Å². The summed E-state index contributed by atoms with van der Waals surface area (Å²) in [7, 11) is 0. The van der Waals surface area contributed by atoms with E-state index < -0.39 is 17.5 Å². The number of fused-ring (bicyclic) bond motifs is 1. The van der Waals surface area contributed by atoms with Gasteiger partial charge in [0.25, 0.3) is 0 Å². The molecule has 7 heteroatoms. The van der Waals surface area contributed by atoms with E-state index in [4.69, 9.17) is 9.15 Å². The number of carbonyl (C=O) groups excluding carboxylic acids is 2. The van der Waals surface area contributed by atoms with Crippen LogP contribution in [0, 0.1) is 0 Å². The van der Waals surface area contributed by atoms with Crippen LogP contribution in [-0.2, 0) is 9.53 Å². The van der Waals surface area contributed by atoms with Gasteiger partial charge < -0.3 is 14.3 Å². The summed E-state index contributed by atoms with van der Waals surface area (Å²) in [5.41, 5.74) is 0.527. The van der Waals surface area contributed by atoms with Gasteiger partial charge in [0.15, 0.2) is 11.6 Å². The van der Waals surface area contributed by atoms with Gasteiger partial charge in [-0.25, -0.2) is 9.79 Å². The van der Waals surface area contributed by atoms with Crippen molar-refractivity contribution in [3.8, 4) is 0 Å². The normalized spacial score (nSPS) is 15.7. The first-order valence-electron chi connectivity index (χ1n) is 8.66. The lowest BCUT2D eigenvalue weighted by molar-refractivity contribution is -0.149. The third-order valence-electron chi connectivity index (χ3n) is 3.78. The number of hydrogen-bond donors (Lipinski definition) is 1. The molecule has 1 amide bonds. The van der Waals surface area contributed by atoms with Crippen LogP contribution in [0.1, 0.15) is 49.4 Å². The van der Waals surface area contributed by atoms with E-state index in [1.807, 2.05) is 0 Å². The van der Waals surface area contributed by atoms with E-state index in [0.29, 0.717) is 11.1 Å². The predicted molar refractivity (Wildman–Crippen MR) is 104 cm³/mol. The number of rotatable bonds is 3. The van der Waals surface area contributed by atoms with Crippen molar-refractivity contribution in [1.29, 1.82) is 0 Å². The Hall–Kier alpha value is -3.48. The summed E-state index contributed by atoms with van der Waals surface area (Å²) in [5.74, 6) is -1.33. The van der Waals surface area contributed by atoms with E-state index in [-0.39, 0.29) is 28.6 Å². The molecule has 0 radical (unpaired) electrons. The zero-order valence-electron chi connectivity index (χ0n) is 16.0. The first-order chi connectivity index (χ1) is 13.2. The van der Waals surface area contributed by atoms with Crippen molar-refractivity contribution < 1.29 is 23.8 Å². The summed E-state index contributed by atoms with van der Waals surface area (Å²) in [6.45, 7) is 6.57. The summed E-state index contributed by atoms with van der Waals surface area (Å²) >= 11 is 0. The van der Waals surface area contributed by atoms with Crippen LogP contribution in [0.5, 0.6) is 0 Å². The van der Waals surface area contributed by atoms with Crippen LogP contribution in [0.4, 0.5) is 0 Å². The number of carbonyl (C=O) groups is 2. The van der Waals surface area contributed by atoms with Crippen molar-refractivity contribution in [3.05, 3.63) is 70.9 Å². The molecule has 0 bridgehead atoms. The first kappa shape index (κ1) is 19.3. The molecule has 1 aliphatic rings. The van der Waals surface area contributed by atoms with E-state index in [1.165, 1.54) is 19.3 Å². The van der Waals surface area contributed by atoms with Gasteiger partial charge in [0.1, 0.15) is 16.9 Å². The number of esters is 1. The highest BCUT2D eigenvalue weighted by Gasteiger charge is 2.32. The third-order valence-corrected chi connectivity index (χ3v) is 3.78. The molecule has 2 heterocycles. The molecule has 0 saturated heterocycles. The second-order valence-electron chi connectivity index (χ2n) is 7.19. The molecule has 1 aliphatic heterocycles. The minimum absolute atomic E-state index is 0.0713. The lowest BCUT2D eigenvalue weighted by Crippen LogP contribution is -2.28. The molecule has 7 nitrogen and oxygen atoms in total. The number of aliphatic imine (C=N–C) groups is 2. The van der Waals surface area contributed by atoms with Gasteiger partial charge in [0.2, 0.25) is 0 Å². The fourth-order valence-electron chi connectivity index (χ4n) is 2.68. The maximum Gasteiger partial charge on any atom is 0.344 e. The average Bonchev–Trinajstić information content (AvgIpc) is 3.23. The zero-order chi connectivity index (χ0) is 20.5. The second kappa shape index (κ2) is 7.26. The fourth-order valence-corrected chi connectivity index (χ4v) is 2.68. The largest absolute Gasteiger partial charge is 0.512 e. The van der Waals surface area contributed by atoms with Crippen LogP contribution in [0.25, 0.3) is 0 Å². The summed E-state index contributed by atoms with van der Waals surface area (Å²) < 4.78 is 10.5. The molecule has 1 aromatic heterocycles. The lowest BCUT2D eigenvalue weighted by Gasteiger charge is -2.21. The number of aliphatic hydroxyl groups excluding tert-OH is 1. The summed E-state index contributed by atoms with van der Waals surface area (Å²) in [5, 5.41) is 10.2. The van der Waals surface area contributed by atoms with E-state index >= 15 is 0 Å². The summed E-state index contributed by atoms with van der Waals surface area (Å²) in [4.78, 5) is 33.4. The van der Waals surface area contributed by atoms with Crippen LogP contribution >= 0.6 is 0 Å². The van der Waals surface area contributed by atoms with Gasteiger partial charge in [0.05, 0.1) is 12.0 Å². The molecule has 0 unspecified atom stereocenters. The molecule has 3 rings (SSSR count). The van der Waals surface area contributed by atoms with Crippen molar-refractivity contribution in [2.24, 2.45) is 9.98 Å². The average molecular weight is 380 g/mol. The Morgan fingerprint density at radius 3 is 2.36 bits per heavy atom. The Labute approximate surface area is 162 Å². The SMILES string of the molecule is CC(O)=C(C(=O)OC(C)(C)C)C1=NC(=NC(=O)c2ccco2)c2ccccc21. The van der Waals surface area contributed by atoms with E-state index in [0.717, 1.165) is 0 Å². The molecule has 1 aromatic carbocycles. The minimum atomic E-state index is -0.747. The van der Waals surface area contributed by atoms with Crippen LogP contribution in [-0.4, -0.2) is 34.1 Å². The third kappa shape index (κ3) is 3.93. The molecular weight excluding hydrogens is 360 g/mol. The van der Waals surface area contributed by atoms with E-state index in [2.05, 4.69) is 9.98 Å². The molecule has 0 saturated carbocycles. The molecule has 2 aromatic rings. The molecule has 0 atom stereocenters. The highest BCUT2D eigenvalue weighted by molar-refractivity contribution is 6.36. The van der Waals surface area contributed by atoms with Gasteiger partial charge in [0, 0.05) is 11.1 Å². The first-order valence-corrected chi connectivity index (χ1v) is 8.66. The maximum atomic E-state index is 12.7. The Morgan fingerprint density at radius 1 is 1.11 bits per heavy atom. The Morgan fingerprint density at radius 2 is 1.79 bits per heavy atom. The van der Waals surface area contributed by atoms with Gasteiger partial charge in [-0.1, -0.05) is 24.3 Å². The topological polar surface area (TPSA) is 101 Å². The quantitative estimate of drug-likeness (QED) is 0.495. The van der Waals surface area contributed by atoms with Crippen molar-refractivity contribution in [1.82, 2.24) is 0 Å². The molecule has 0 spiro atoms. The van der Waals surface area contributed by atoms with Crippen LogP contribution in [0.3, 0.4) is 0 Å². The molecule has 0 aliphatic carbocycles. The van der Waals surface area contributed by atoms with Gasteiger partial charge >= 0.3 is 11.9 Å². The Kier molecular flexibility index (Phi) is 5.00. The summed E-state index contributed by atoms with van der Waals surface area (Å²) in [6.07, 6.45) is 1.38. The zero-order valence-corrected chi connectivity index (χ0v) is 16.0. The van der Waals surface area contributed by atoms with Crippen molar-refractivity contribution in [3.63, 3.8) is 0 Å².